The largest absolute Gasteiger partial charge is 0.444 e. The van der Waals surface area contributed by atoms with E-state index in [0.717, 1.165) is 13.0 Å². The Morgan fingerprint density at radius 1 is 1.35 bits per heavy atom. The quantitative estimate of drug-likeness (QED) is 0.753. The molecule has 20 heavy (non-hydrogen) atoms. The number of hydrogen-bond donors (Lipinski definition) is 2. The van der Waals surface area contributed by atoms with E-state index in [1.807, 2.05) is 27.7 Å². The summed E-state index contributed by atoms with van der Waals surface area (Å²) in [5.74, 6) is 0.614. The minimum absolute atomic E-state index is 0.0519. The molecule has 3 unspecified atom stereocenters. The van der Waals surface area contributed by atoms with E-state index in [9.17, 15) is 4.79 Å². The lowest BCUT2D eigenvalue weighted by Crippen LogP contribution is -2.54. The molecule has 0 rings (SSSR count). The summed E-state index contributed by atoms with van der Waals surface area (Å²) in [6, 6.07) is 0.0559. The van der Waals surface area contributed by atoms with Crippen molar-refractivity contribution >= 4 is 6.09 Å². The standard InChI is InChI=1S/C15H33N3O2/c1-8-11(2)10-18(7)13(9-16)12(3)17-14(19)20-15(4,5)6/h11-13H,8-10,16H2,1-7H3,(H,17,19). The number of alkyl carbamates (subject to hydrolysis) is 1. The van der Waals surface area contributed by atoms with Crippen LogP contribution in [0.4, 0.5) is 4.79 Å². The number of carbonyl (C=O) groups is 1. The fourth-order valence-corrected chi connectivity index (χ4v) is 2.11. The molecule has 0 saturated heterocycles. The van der Waals surface area contributed by atoms with Crippen LogP contribution < -0.4 is 11.1 Å². The molecule has 5 nitrogen and oxygen atoms in total. The molecule has 0 aliphatic heterocycles. The Bertz CT molecular complexity index is 289. The molecule has 0 aliphatic rings. The first-order valence-corrected chi connectivity index (χ1v) is 7.50. The van der Waals surface area contributed by atoms with Crippen LogP contribution in [0.25, 0.3) is 0 Å². The van der Waals surface area contributed by atoms with Gasteiger partial charge in [-0.1, -0.05) is 20.3 Å². The van der Waals surface area contributed by atoms with Gasteiger partial charge in [0, 0.05) is 25.2 Å². The van der Waals surface area contributed by atoms with Gasteiger partial charge in [-0.25, -0.2) is 4.79 Å². The zero-order valence-electron chi connectivity index (χ0n) is 14.2. The molecular formula is C15H33N3O2. The molecule has 1 amide bonds. The molecule has 0 saturated carbocycles. The molecule has 120 valence electrons. The van der Waals surface area contributed by atoms with Crippen LogP contribution >= 0.6 is 0 Å². The molecule has 0 aromatic rings. The third-order valence-electron chi connectivity index (χ3n) is 3.43. The summed E-state index contributed by atoms with van der Waals surface area (Å²) in [7, 11) is 2.05. The molecule has 0 aromatic carbocycles. The smallest absolute Gasteiger partial charge is 0.407 e. The predicted octanol–water partition coefficient (Wildman–Crippen LogP) is 2.20. The maximum atomic E-state index is 11.8. The molecule has 0 heterocycles. The van der Waals surface area contributed by atoms with Gasteiger partial charge in [0.25, 0.3) is 0 Å². The van der Waals surface area contributed by atoms with E-state index < -0.39 is 5.60 Å². The molecule has 0 spiro atoms. The first-order chi connectivity index (χ1) is 9.10. The van der Waals surface area contributed by atoms with Gasteiger partial charge in [0.15, 0.2) is 0 Å². The summed E-state index contributed by atoms with van der Waals surface area (Å²) in [5, 5.41) is 2.88. The van der Waals surface area contributed by atoms with E-state index in [1.165, 1.54) is 0 Å². The van der Waals surface area contributed by atoms with Crippen molar-refractivity contribution in [1.82, 2.24) is 10.2 Å². The van der Waals surface area contributed by atoms with E-state index in [2.05, 4.69) is 31.1 Å². The highest BCUT2D eigenvalue weighted by Gasteiger charge is 2.25. The van der Waals surface area contributed by atoms with Gasteiger partial charge in [-0.15, -0.1) is 0 Å². The van der Waals surface area contributed by atoms with E-state index in [4.69, 9.17) is 10.5 Å². The van der Waals surface area contributed by atoms with Gasteiger partial charge in [-0.05, 0) is 40.7 Å². The highest BCUT2D eigenvalue weighted by atomic mass is 16.6. The van der Waals surface area contributed by atoms with E-state index in [1.54, 1.807) is 0 Å². The predicted molar refractivity (Wildman–Crippen MR) is 83.8 cm³/mol. The summed E-state index contributed by atoms with van der Waals surface area (Å²) in [5.41, 5.74) is 5.38. The van der Waals surface area contributed by atoms with Crippen LogP contribution in [0.3, 0.4) is 0 Å². The molecule has 0 fully saturated rings. The second-order valence-electron chi connectivity index (χ2n) is 6.69. The molecule has 3 N–H and O–H groups in total. The number of ether oxygens (including phenoxy) is 1. The lowest BCUT2D eigenvalue weighted by Gasteiger charge is -2.34. The normalized spacial score (nSPS) is 16.6. The monoisotopic (exact) mass is 287 g/mol. The second kappa shape index (κ2) is 8.47. The van der Waals surface area contributed by atoms with Crippen molar-refractivity contribution in [2.75, 3.05) is 20.1 Å². The molecule has 0 bridgehead atoms. The number of nitrogens with one attached hydrogen (secondary N) is 1. The third-order valence-corrected chi connectivity index (χ3v) is 3.43. The Balaban J connectivity index is 4.46. The average Bonchev–Trinajstić information content (AvgIpc) is 2.26. The Morgan fingerprint density at radius 2 is 1.90 bits per heavy atom. The minimum Gasteiger partial charge on any atom is -0.444 e. The molecule has 5 heteroatoms. The number of nitrogens with two attached hydrogens (primary N) is 1. The molecule has 0 radical (unpaired) electrons. The zero-order chi connectivity index (χ0) is 15.9. The van der Waals surface area contributed by atoms with Gasteiger partial charge in [0.1, 0.15) is 5.60 Å². The summed E-state index contributed by atoms with van der Waals surface area (Å²) >= 11 is 0. The van der Waals surface area contributed by atoms with Crippen molar-refractivity contribution in [3.8, 4) is 0 Å². The summed E-state index contributed by atoms with van der Waals surface area (Å²) in [4.78, 5) is 14.0. The van der Waals surface area contributed by atoms with Crippen molar-refractivity contribution < 1.29 is 9.53 Å². The van der Waals surface area contributed by atoms with E-state index in [0.29, 0.717) is 12.5 Å². The number of carbonyl (C=O) groups excluding carboxylic acids is 1. The number of rotatable bonds is 7. The van der Waals surface area contributed by atoms with Crippen LogP contribution in [0.15, 0.2) is 0 Å². The summed E-state index contributed by atoms with van der Waals surface area (Å²) in [6.07, 6.45) is 0.746. The van der Waals surface area contributed by atoms with Crippen LogP contribution in [0.1, 0.15) is 48.0 Å². The van der Waals surface area contributed by atoms with Crippen LogP contribution in [-0.4, -0.2) is 48.8 Å². The van der Waals surface area contributed by atoms with E-state index in [-0.39, 0.29) is 18.2 Å². The Hall–Kier alpha value is -0.810. The first-order valence-electron chi connectivity index (χ1n) is 7.50. The minimum atomic E-state index is -0.482. The topological polar surface area (TPSA) is 67.6 Å². The molecular weight excluding hydrogens is 254 g/mol. The lowest BCUT2D eigenvalue weighted by atomic mass is 10.0. The Morgan fingerprint density at radius 3 is 2.30 bits per heavy atom. The fourth-order valence-electron chi connectivity index (χ4n) is 2.11. The summed E-state index contributed by atoms with van der Waals surface area (Å²) < 4.78 is 5.28. The summed E-state index contributed by atoms with van der Waals surface area (Å²) in [6.45, 7) is 13.4. The zero-order valence-corrected chi connectivity index (χ0v) is 14.2. The number of nitrogens with zero attached hydrogens (tertiary/aromatic N) is 1. The van der Waals surface area contributed by atoms with Gasteiger partial charge in [0.05, 0.1) is 0 Å². The second-order valence-corrected chi connectivity index (χ2v) is 6.69. The number of amides is 1. The van der Waals surface area contributed by atoms with Gasteiger partial charge >= 0.3 is 6.09 Å². The molecule has 3 atom stereocenters. The number of hydrogen-bond acceptors (Lipinski definition) is 4. The SMILES string of the molecule is CCC(C)CN(C)C(CN)C(C)NC(=O)OC(C)(C)C. The van der Waals surface area contributed by atoms with Crippen LogP contribution in [-0.2, 0) is 4.74 Å². The molecule has 0 aromatic heterocycles. The van der Waals surface area contributed by atoms with Gasteiger partial charge in [-0.2, -0.15) is 0 Å². The highest BCUT2D eigenvalue weighted by Crippen LogP contribution is 2.10. The maximum absolute atomic E-state index is 11.8. The van der Waals surface area contributed by atoms with Crippen LogP contribution in [0.2, 0.25) is 0 Å². The molecule has 0 aliphatic carbocycles. The van der Waals surface area contributed by atoms with Crippen LogP contribution in [0.5, 0.6) is 0 Å². The lowest BCUT2D eigenvalue weighted by molar-refractivity contribution is 0.0475. The van der Waals surface area contributed by atoms with Crippen molar-refractivity contribution in [3.63, 3.8) is 0 Å². The van der Waals surface area contributed by atoms with Crippen molar-refractivity contribution in [3.05, 3.63) is 0 Å². The van der Waals surface area contributed by atoms with E-state index >= 15 is 0 Å². The Labute approximate surface area is 124 Å². The Kier molecular flexibility index (Phi) is 8.13. The third kappa shape index (κ3) is 7.70. The van der Waals surface area contributed by atoms with Crippen molar-refractivity contribution in [1.29, 1.82) is 0 Å². The van der Waals surface area contributed by atoms with Gasteiger partial charge < -0.3 is 15.8 Å². The maximum Gasteiger partial charge on any atom is 0.407 e. The van der Waals surface area contributed by atoms with Crippen molar-refractivity contribution in [2.45, 2.75) is 65.6 Å². The van der Waals surface area contributed by atoms with Crippen LogP contribution in [0, 0.1) is 5.92 Å². The van der Waals surface area contributed by atoms with Crippen molar-refractivity contribution in [2.24, 2.45) is 11.7 Å². The highest BCUT2D eigenvalue weighted by molar-refractivity contribution is 5.68. The average molecular weight is 287 g/mol. The van der Waals surface area contributed by atoms with Gasteiger partial charge in [0.2, 0.25) is 0 Å². The number of likely N-dealkylation sites (N-methyl/N-ethyl adjacent to an activating group) is 1. The fraction of sp³-hybridized carbons (Fsp3) is 0.933. The first kappa shape index (κ1) is 19.2. The van der Waals surface area contributed by atoms with Gasteiger partial charge in [-0.3, -0.25) is 4.90 Å².